The SMILES string of the molecule is FC(F)(F)c1nc2ccc(C(F)(F)F)c(-c3cc(Cl)c4[nH]ncc4c3)n2n1. The molecule has 1 aromatic carbocycles. The van der Waals surface area contributed by atoms with Gasteiger partial charge < -0.3 is 0 Å². The van der Waals surface area contributed by atoms with E-state index in [1.165, 1.54) is 18.3 Å². The monoisotopic (exact) mass is 405 g/mol. The first kappa shape index (κ1) is 17.6. The molecule has 27 heavy (non-hydrogen) atoms. The second kappa shape index (κ2) is 5.59. The summed E-state index contributed by atoms with van der Waals surface area (Å²) in [5.74, 6) is -1.54. The Balaban J connectivity index is 2.10. The molecule has 0 bridgehead atoms. The molecule has 3 aromatic heterocycles. The van der Waals surface area contributed by atoms with E-state index in [1.54, 1.807) is 0 Å². The second-order valence-corrected chi connectivity index (χ2v) is 6.00. The molecular formula is C15H6ClF6N5. The van der Waals surface area contributed by atoms with Crippen LogP contribution >= 0.6 is 11.6 Å². The van der Waals surface area contributed by atoms with E-state index in [2.05, 4.69) is 20.3 Å². The Morgan fingerprint density at radius 3 is 2.41 bits per heavy atom. The molecule has 1 N–H and O–H groups in total. The van der Waals surface area contributed by atoms with Crippen LogP contribution in [-0.2, 0) is 12.4 Å². The lowest BCUT2D eigenvalue weighted by atomic mass is 10.0. The van der Waals surface area contributed by atoms with Gasteiger partial charge in [-0.05, 0) is 24.3 Å². The van der Waals surface area contributed by atoms with E-state index in [0.717, 1.165) is 6.07 Å². The van der Waals surface area contributed by atoms with Crippen molar-refractivity contribution in [2.45, 2.75) is 12.4 Å². The minimum Gasteiger partial charge on any atom is -0.276 e. The van der Waals surface area contributed by atoms with E-state index in [4.69, 9.17) is 11.6 Å². The number of hydrogen-bond acceptors (Lipinski definition) is 3. The van der Waals surface area contributed by atoms with Crippen LogP contribution in [0.15, 0.2) is 30.5 Å². The molecule has 0 fully saturated rings. The Kier molecular flexibility index (Phi) is 3.64. The molecule has 0 unspecified atom stereocenters. The smallest absolute Gasteiger partial charge is 0.276 e. The number of H-pyrrole nitrogens is 1. The Labute approximate surface area is 150 Å². The van der Waals surface area contributed by atoms with Crippen LogP contribution in [0.25, 0.3) is 27.8 Å². The minimum absolute atomic E-state index is 0.0567. The van der Waals surface area contributed by atoms with Crippen molar-refractivity contribution in [2.75, 3.05) is 0 Å². The number of nitrogens with zero attached hydrogens (tertiary/aromatic N) is 4. The topological polar surface area (TPSA) is 58.9 Å². The first-order valence-electron chi connectivity index (χ1n) is 7.23. The van der Waals surface area contributed by atoms with Gasteiger partial charge in [-0.3, -0.25) is 5.10 Å². The van der Waals surface area contributed by atoms with Gasteiger partial charge in [0.2, 0.25) is 0 Å². The van der Waals surface area contributed by atoms with Gasteiger partial charge in [0.25, 0.3) is 5.82 Å². The van der Waals surface area contributed by atoms with Gasteiger partial charge in [0.05, 0.1) is 28.0 Å². The van der Waals surface area contributed by atoms with Crippen LogP contribution in [0.4, 0.5) is 26.3 Å². The van der Waals surface area contributed by atoms with Crippen molar-refractivity contribution in [1.29, 1.82) is 0 Å². The van der Waals surface area contributed by atoms with Crippen LogP contribution in [0.1, 0.15) is 11.4 Å². The summed E-state index contributed by atoms with van der Waals surface area (Å²) in [5.41, 5.74) is -1.85. The zero-order valence-corrected chi connectivity index (χ0v) is 13.6. The third-order valence-electron chi connectivity index (χ3n) is 3.83. The summed E-state index contributed by atoms with van der Waals surface area (Å²) in [6, 6.07) is 4.00. The predicted octanol–water partition coefficient (Wildman–Crippen LogP) is 4.96. The Morgan fingerprint density at radius 2 is 1.74 bits per heavy atom. The predicted molar refractivity (Wildman–Crippen MR) is 83.1 cm³/mol. The van der Waals surface area contributed by atoms with Crippen LogP contribution in [0, 0.1) is 0 Å². The average molecular weight is 406 g/mol. The van der Waals surface area contributed by atoms with Gasteiger partial charge in [0.1, 0.15) is 0 Å². The third-order valence-corrected chi connectivity index (χ3v) is 4.13. The number of alkyl halides is 6. The first-order chi connectivity index (χ1) is 12.6. The Hall–Kier alpha value is -2.82. The number of aromatic nitrogens is 5. The van der Waals surface area contributed by atoms with Crippen LogP contribution < -0.4 is 0 Å². The molecule has 0 aliphatic rings. The maximum atomic E-state index is 13.5. The number of halogens is 7. The molecule has 4 rings (SSSR count). The summed E-state index contributed by atoms with van der Waals surface area (Å²) in [7, 11) is 0. The molecule has 0 saturated heterocycles. The molecule has 5 nitrogen and oxygen atoms in total. The van der Waals surface area contributed by atoms with E-state index >= 15 is 0 Å². The van der Waals surface area contributed by atoms with Gasteiger partial charge in [0.15, 0.2) is 5.65 Å². The summed E-state index contributed by atoms with van der Waals surface area (Å²) in [4.78, 5) is 3.28. The molecule has 140 valence electrons. The number of hydrogen-bond donors (Lipinski definition) is 1. The third kappa shape index (κ3) is 2.87. The normalized spacial score (nSPS) is 13.0. The molecule has 0 aliphatic carbocycles. The van der Waals surface area contributed by atoms with E-state index in [1.807, 2.05) is 0 Å². The number of pyridine rings is 1. The van der Waals surface area contributed by atoms with Crippen LogP contribution in [0.5, 0.6) is 0 Å². The highest BCUT2D eigenvalue weighted by Gasteiger charge is 2.39. The summed E-state index contributed by atoms with van der Waals surface area (Å²) >= 11 is 6.07. The fourth-order valence-electron chi connectivity index (χ4n) is 2.72. The lowest BCUT2D eigenvalue weighted by molar-refractivity contribution is -0.144. The molecule has 4 aromatic rings. The number of nitrogens with one attached hydrogen (secondary N) is 1. The van der Waals surface area contributed by atoms with Crippen molar-refractivity contribution in [2.24, 2.45) is 0 Å². The fourth-order valence-corrected chi connectivity index (χ4v) is 2.99. The number of fused-ring (bicyclic) bond motifs is 2. The van der Waals surface area contributed by atoms with Crippen molar-refractivity contribution >= 4 is 28.2 Å². The van der Waals surface area contributed by atoms with Gasteiger partial charge in [-0.1, -0.05) is 11.6 Å². The van der Waals surface area contributed by atoms with Crippen molar-refractivity contribution < 1.29 is 26.3 Å². The highest BCUT2D eigenvalue weighted by molar-refractivity contribution is 6.35. The molecule has 3 heterocycles. The zero-order chi connectivity index (χ0) is 19.6. The lowest BCUT2D eigenvalue weighted by Crippen LogP contribution is -2.12. The van der Waals surface area contributed by atoms with E-state index in [9.17, 15) is 26.3 Å². The summed E-state index contributed by atoms with van der Waals surface area (Å²) in [6.45, 7) is 0. The molecule has 0 atom stereocenters. The molecule has 12 heteroatoms. The van der Waals surface area contributed by atoms with Crippen molar-refractivity contribution in [3.63, 3.8) is 0 Å². The fraction of sp³-hybridized carbons (Fsp3) is 0.133. The lowest BCUT2D eigenvalue weighted by Gasteiger charge is -2.14. The van der Waals surface area contributed by atoms with Gasteiger partial charge in [-0.2, -0.15) is 31.4 Å². The van der Waals surface area contributed by atoms with Crippen molar-refractivity contribution in [3.05, 3.63) is 46.9 Å². The summed E-state index contributed by atoms with van der Waals surface area (Å²) < 4.78 is 79.9. The van der Waals surface area contributed by atoms with Crippen molar-refractivity contribution in [3.8, 4) is 11.3 Å². The largest absolute Gasteiger partial charge is 0.453 e. The molecule has 0 saturated carbocycles. The number of aromatic amines is 1. The van der Waals surface area contributed by atoms with Gasteiger partial charge in [0, 0.05) is 10.9 Å². The summed E-state index contributed by atoms with van der Waals surface area (Å²) in [5, 5.41) is 10.0. The van der Waals surface area contributed by atoms with Crippen LogP contribution in [0.3, 0.4) is 0 Å². The van der Waals surface area contributed by atoms with Gasteiger partial charge in [-0.15, -0.1) is 5.10 Å². The van der Waals surface area contributed by atoms with Crippen LogP contribution in [0.2, 0.25) is 5.02 Å². The highest BCUT2D eigenvalue weighted by Crippen LogP contribution is 2.40. The average Bonchev–Trinajstić information content (AvgIpc) is 3.18. The Morgan fingerprint density at radius 1 is 1.00 bits per heavy atom. The maximum Gasteiger partial charge on any atom is 0.453 e. The molecule has 0 amide bonds. The van der Waals surface area contributed by atoms with E-state index in [-0.39, 0.29) is 16.2 Å². The molecule has 0 radical (unpaired) electrons. The van der Waals surface area contributed by atoms with Gasteiger partial charge in [-0.25, -0.2) is 9.50 Å². The van der Waals surface area contributed by atoms with Gasteiger partial charge >= 0.3 is 12.4 Å². The van der Waals surface area contributed by atoms with E-state index in [0.29, 0.717) is 21.5 Å². The zero-order valence-electron chi connectivity index (χ0n) is 12.8. The first-order valence-corrected chi connectivity index (χ1v) is 7.60. The molecular weight excluding hydrogens is 400 g/mol. The molecule has 0 aliphatic heterocycles. The number of benzene rings is 1. The van der Waals surface area contributed by atoms with Crippen molar-refractivity contribution in [1.82, 2.24) is 24.8 Å². The second-order valence-electron chi connectivity index (χ2n) is 5.59. The van der Waals surface area contributed by atoms with Crippen LogP contribution in [-0.4, -0.2) is 24.8 Å². The van der Waals surface area contributed by atoms with E-state index < -0.39 is 29.4 Å². The maximum absolute atomic E-state index is 13.5. The summed E-state index contributed by atoms with van der Waals surface area (Å²) in [6.07, 6.45) is -8.42. The number of rotatable bonds is 1. The standard InChI is InChI=1S/C15H6ClF6N5/c16-9-4-6(3-7-5-23-25-11(7)9)12-8(14(17,18)19)1-2-10-24-13(15(20,21)22)26-27(10)12/h1-5H,(H,23,25). The molecule has 0 spiro atoms. The minimum atomic E-state index is -4.91. The highest BCUT2D eigenvalue weighted by atomic mass is 35.5. The Bertz CT molecular complexity index is 1170. The quantitative estimate of drug-likeness (QED) is 0.455.